The predicted molar refractivity (Wildman–Crippen MR) is 73.6 cm³/mol. The smallest absolute Gasteiger partial charge is 0.231 e. The molecule has 1 aromatic carbocycles. The van der Waals surface area contributed by atoms with Crippen LogP contribution in [0.15, 0.2) is 24.3 Å². The number of anilines is 1. The van der Waals surface area contributed by atoms with E-state index in [0.29, 0.717) is 5.88 Å². The summed E-state index contributed by atoms with van der Waals surface area (Å²) in [6.45, 7) is 5.82. The third-order valence-electron chi connectivity index (χ3n) is 2.70. The highest BCUT2D eigenvalue weighted by atomic mass is 35.5. The third-order valence-corrected chi connectivity index (χ3v) is 3.37. The lowest BCUT2D eigenvalue weighted by molar-refractivity contribution is -0.122. The van der Waals surface area contributed by atoms with Crippen molar-refractivity contribution in [3.8, 4) is 0 Å². The fraction of sp³-hybridized carbons (Fsp3) is 0.500. The van der Waals surface area contributed by atoms with E-state index in [9.17, 15) is 4.79 Å². The summed E-state index contributed by atoms with van der Waals surface area (Å²) in [5.41, 5.74) is 1.58. The Morgan fingerprint density at radius 2 is 1.88 bits per heavy atom. The Labute approximate surface area is 108 Å². The van der Waals surface area contributed by atoms with E-state index in [0.717, 1.165) is 18.5 Å². The number of carbonyl (C=O) groups is 1. The van der Waals surface area contributed by atoms with E-state index in [-0.39, 0.29) is 5.91 Å². The second-order valence-electron chi connectivity index (χ2n) is 4.92. The molecule has 1 N–H and O–H groups in total. The van der Waals surface area contributed by atoms with E-state index < -0.39 is 5.41 Å². The monoisotopic (exact) mass is 253 g/mol. The molecule has 2 nitrogen and oxygen atoms in total. The molecule has 1 aromatic rings. The van der Waals surface area contributed by atoms with Crippen molar-refractivity contribution in [3.05, 3.63) is 29.8 Å². The maximum Gasteiger partial charge on any atom is 0.231 e. The highest BCUT2D eigenvalue weighted by Gasteiger charge is 2.26. The number of aryl methyl sites for hydroxylation is 1. The molecule has 94 valence electrons. The number of halogens is 1. The van der Waals surface area contributed by atoms with Crippen molar-refractivity contribution in [1.82, 2.24) is 0 Å². The molecule has 0 aliphatic heterocycles. The molecule has 0 radical (unpaired) electrons. The molecule has 0 heterocycles. The lowest BCUT2D eigenvalue weighted by Crippen LogP contribution is -2.32. The number of amides is 1. The molecule has 17 heavy (non-hydrogen) atoms. The number of alkyl halides is 1. The molecule has 0 fully saturated rings. The number of hydrogen-bond donors (Lipinski definition) is 1. The molecular weight excluding hydrogens is 234 g/mol. The van der Waals surface area contributed by atoms with E-state index in [1.54, 1.807) is 0 Å². The number of rotatable bonds is 5. The highest BCUT2D eigenvalue weighted by molar-refractivity contribution is 6.20. The van der Waals surface area contributed by atoms with Crippen molar-refractivity contribution in [2.75, 3.05) is 11.2 Å². The molecule has 0 bridgehead atoms. The molecule has 0 atom stereocenters. The molecular formula is C14H20ClNO. The van der Waals surface area contributed by atoms with Gasteiger partial charge in [0.05, 0.1) is 5.41 Å². The third kappa shape index (κ3) is 4.04. The molecule has 0 aliphatic rings. The maximum absolute atomic E-state index is 11.9. The van der Waals surface area contributed by atoms with Crippen LogP contribution in [0.3, 0.4) is 0 Å². The summed E-state index contributed by atoms with van der Waals surface area (Å²) in [6.07, 6.45) is 2.20. The Hall–Kier alpha value is -1.02. The van der Waals surface area contributed by atoms with E-state index >= 15 is 0 Å². The van der Waals surface area contributed by atoms with Crippen LogP contribution in [0.25, 0.3) is 0 Å². The predicted octanol–water partition coefficient (Wildman–Crippen LogP) is 3.84. The minimum atomic E-state index is -0.538. The van der Waals surface area contributed by atoms with Gasteiger partial charge in [0.2, 0.25) is 5.91 Å². The van der Waals surface area contributed by atoms with Crippen LogP contribution < -0.4 is 5.32 Å². The highest BCUT2D eigenvalue weighted by Crippen LogP contribution is 2.20. The minimum absolute atomic E-state index is 0.0456. The molecule has 0 aliphatic carbocycles. The molecule has 1 rings (SSSR count). The van der Waals surface area contributed by atoms with Crippen molar-refractivity contribution in [3.63, 3.8) is 0 Å². The van der Waals surface area contributed by atoms with Crippen molar-refractivity contribution in [2.45, 2.75) is 33.6 Å². The van der Waals surface area contributed by atoms with Gasteiger partial charge < -0.3 is 5.32 Å². The maximum atomic E-state index is 11.9. The molecule has 1 amide bonds. The number of carbonyl (C=O) groups excluding carboxylic acids is 1. The summed E-state index contributed by atoms with van der Waals surface area (Å²) in [6, 6.07) is 7.97. The standard InChI is InChI=1S/C14H20ClNO/c1-4-5-11-6-8-12(9-7-11)16-13(17)14(2,3)10-15/h6-9H,4-5,10H2,1-3H3,(H,16,17). The molecule has 0 unspecified atom stereocenters. The van der Waals surface area contributed by atoms with E-state index in [2.05, 4.69) is 12.2 Å². The second kappa shape index (κ2) is 6.06. The minimum Gasteiger partial charge on any atom is -0.326 e. The van der Waals surface area contributed by atoms with E-state index in [4.69, 9.17) is 11.6 Å². The van der Waals surface area contributed by atoms with Crippen molar-refractivity contribution in [2.24, 2.45) is 5.41 Å². The van der Waals surface area contributed by atoms with Gasteiger partial charge in [-0.1, -0.05) is 25.5 Å². The lowest BCUT2D eigenvalue weighted by Gasteiger charge is -2.20. The van der Waals surface area contributed by atoms with Gasteiger partial charge in [0.1, 0.15) is 0 Å². The zero-order chi connectivity index (χ0) is 12.9. The summed E-state index contributed by atoms with van der Waals surface area (Å²) >= 11 is 5.76. The Bertz CT molecular complexity index is 370. The number of nitrogens with one attached hydrogen (secondary N) is 1. The first kappa shape index (κ1) is 14.0. The van der Waals surface area contributed by atoms with Crippen LogP contribution in [-0.2, 0) is 11.2 Å². The van der Waals surface area contributed by atoms with Gasteiger partial charge in [0, 0.05) is 11.6 Å². The molecule has 0 saturated heterocycles. The Morgan fingerprint density at radius 1 is 1.29 bits per heavy atom. The second-order valence-corrected chi connectivity index (χ2v) is 5.19. The fourth-order valence-corrected chi connectivity index (χ4v) is 1.53. The molecule has 0 saturated carbocycles. The average Bonchev–Trinajstić information content (AvgIpc) is 2.32. The van der Waals surface area contributed by atoms with Crippen LogP contribution in [0, 0.1) is 5.41 Å². The van der Waals surface area contributed by atoms with Crippen LogP contribution in [0.5, 0.6) is 0 Å². The summed E-state index contributed by atoms with van der Waals surface area (Å²) < 4.78 is 0. The van der Waals surface area contributed by atoms with Gasteiger partial charge in [0.15, 0.2) is 0 Å². The van der Waals surface area contributed by atoms with Crippen LogP contribution >= 0.6 is 11.6 Å². The summed E-state index contributed by atoms with van der Waals surface area (Å²) in [7, 11) is 0. The van der Waals surface area contributed by atoms with Crippen molar-refractivity contribution in [1.29, 1.82) is 0 Å². The van der Waals surface area contributed by atoms with Crippen LogP contribution in [0.2, 0.25) is 0 Å². The van der Waals surface area contributed by atoms with Gasteiger partial charge in [-0.05, 0) is 38.0 Å². The summed E-state index contributed by atoms with van der Waals surface area (Å²) in [5.74, 6) is 0.267. The van der Waals surface area contributed by atoms with E-state index in [1.165, 1.54) is 5.56 Å². The number of benzene rings is 1. The first-order valence-corrected chi connectivity index (χ1v) is 6.49. The van der Waals surface area contributed by atoms with Gasteiger partial charge >= 0.3 is 0 Å². The van der Waals surface area contributed by atoms with Gasteiger partial charge in [-0.3, -0.25) is 4.79 Å². The van der Waals surface area contributed by atoms with Gasteiger partial charge in [0.25, 0.3) is 0 Å². The topological polar surface area (TPSA) is 29.1 Å². The van der Waals surface area contributed by atoms with Crippen molar-refractivity contribution < 1.29 is 4.79 Å². The molecule has 0 aromatic heterocycles. The SMILES string of the molecule is CCCc1ccc(NC(=O)C(C)(C)CCl)cc1. The molecule has 0 spiro atoms. The van der Waals surface area contributed by atoms with E-state index in [1.807, 2.05) is 38.1 Å². The van der Waals surface area contributed by atoms with Crippen LogP contribution in [0.4, 0.5) is 5.69 Å². The Kier molecular flexibility index (Phi) is 5.01. The zero-order valence-electron chi connectivity index (χ0n) is 10.7. The van der Waals surface area contributed by atoms with Crippen LogP contribution in [0.1, 0.15) is 32.8 Å². The first-order valence-electron chi connectivity index (χ1n) is 5.96. The fourth-order valence-electron chi connectivity index (χ4n) is 1.40. The lowest BCUT2D eigenvalue weighted by atomic mass is 9.95. The summed E-state index contributed by atoms with van der Waals surface area (Å²) in [4.78, 5) is 11.9. The molecule has 3 heteroatoms. The Morgan fingerprint density at radius 3 is 2.35 bits per heavy atom. The normalized spacial score (nSPS) is 11.3. The summed E-state index contributed by atoms with van der Waals surface area (Å²) in [5, 5.41) is 2.88. The quantitative estimate of drug-likeness (QED) is 0.794. The zero-order valence-corrected chi connectivity index (χ0v) is 11.5. The Balaban J connectivity index is 2.66. The van der Waals surface area contributed by atoms with Gasteiger partial charge in [-0.25, -0.2) is 0 Å². The van der Waals surface area contributed by atoms with Gasteiger partial charge in [-0.15, -0.1) is 11.6 Å². The van der Waals surface area contributed by atoms with Gasteiger partial charge in [-0.2, -0.15) is 0 Å². The van der Waals surface area contributed by atoms with Crippen molar-refractivity contribution >= 4 is 23.2 Å². The first-order chi connectivity index (χ1) is 7.99. The number of hydrogen-bond acceptors (Lipinski definition) is 1. The largest absolute Gasteiger partial charge is 0.326 e. The van der Waals surface area contributed by atoms with Crippen LogP contribution in [-0.4, -0.2) is 11.8 Å². The average molecular weight is 254 g/mol.